The fraction of sp³-hybridized carbons (Fsp3) is 0.120. The predicted molar refractivity (Wildman–Crippen MR) is 128 cm³/mol. The predicted octanol–water partition coefficient (Wildman–Crippen LogP) is 4.65. The molecule has 0 radical (unpaired) electrons. The first-order valence-corrected chi connectivity index (χ1v) is 10.8. The van der Waals surface area contributed by atoms with Crippen molar-refractivity contribution in [2.75, 3.05) is 5.32 Å². The number of carbonyl (C=O) groups excluding carboxylic acids is 2. The van der Waals surface area contributed by atoms with Gasteiger partial charge in [-0.2, -0.15) is 0 Å². The topological polar surface area (TPSA) is 81.1 Å². The molecular formula is C25H20BrN3O3. The van der Waals surface area contributed by atoms with Crippen molar-refractivity contribution in [1.82, 2.24) is 9.55 Å². The third-order valence-electron chi connectivity index (χ3n) is 5.31. The first-order valence-electron chi connectivity index (χ1n) is 9.98. The summed E-state index contributed by atoms with van der Waals surface area (Å²) in [6.07, 6.45) is 4.49. The van der Waals surface area contributed by atoms with E-state index in [0.717, 1.165) is 15.6 Å². The number of amides is 1. The Hall–Kier alpha value is -3.58. The number of ketones is 1. The Balaban J connectivity index is 1.80. The highest BCUT2D eigenvalue weighted by molar-refractivity contribution is 9.10. The van der Waals surface area contributed by atoms with Gasteiger partial charge in [0.05, 0.1) is 11.1 Å². The summed E-state index contributed by atoms with van der Waals surface area (Å²) in [4.78, 5) is 43.0. The van der Waals surface area contributed by atoms with Gasteiger partial charge in [0.25, 0.3) is 0 Å². The molecule has 2 heterocycles. The van der Waals surface area contributed by atoms with Gasteiger partial charge in [0.1, 0.15) is 6.54 Å². The van der Waals surface area contributed by atoms with Crippen LogP contribution in [0.25, 0.3) is 10.9 Å². The van der Waals surface area contributed by atoms with Crippen molar-refractivity contribution in [3.05, 3.63) is 104 Å². The van der Waals surface area contributed by atoms with Gasteiger partial charge < -0.3 is 9.88 Å². The maximum Gasteiger partial charge on any atom is 0.244 e. The zero-order valence-corrected chi connectivity index (χ0v) is 19.1. The summed E-state index contributed by atoms with van der Waals surface area (Å²) in [5.41, 5.74) is 3.21. The van der Waals surface area contributed by atoms with Crippen molar-refractivity contribution in [2.45, 2.75) is 20.4 Å². The summed E-state index contributed by atoms with van der Waals surface area (Å²) in [5.74, 6) is -0.674. The van der Waals surface area contributed by atoms with Gasteiger partial charge in [0.2, 0.25) is 11.3 Å². The normalized spacial score (nSPS) is 10.8. The number of rotatable bonds is 5. The molecule has 6 nitrogen and oxygen atoms in total. The van der Waals surface area contributed by atoms with Crippen LogP contribution in [0.4, 0.5) is 5.69 Å². The highest BCUT2D eigenvalue weighted by Gasteiger charge is 2.19. The van der Waals surface area contributed by atoms with Crippen LogP contribution in [0.2, 0.25) is 0 Å². The van der Waals surface area contributed by atoms with Gasteiger partial charge in [0.15, 0.2) is 5.78 Å². The monoisotopic (exact) mass is 489 g/mol. The van der Waals surface area contributed by atoms with E-state index >= 15 is 0 Å². The van der Waals surface area contributed by atoms with E-state index in [9.17, 15) is 14.4 Å². The number of fused-ring (bicyclic) bond motifs is 1. The Morgan fingerprint density at radius 2 is 1.75 bits per heavy atom. The second-order valence-corrected chi connectivity index (χ2v) is 8.49. The molecule has 160 valence electrons. The molecule has 0 bridgehead atoms. The molecule has 32 heavy (non-hydrogen) atoms. The van der Waals surface area contributed by atoms with E-state index < -0.39 is 5.78 Å². The minimum absolute atomic E-state index is 0.0159. The molecule has 0 unspecified atom stereocenters. The molecule has 4 aromatic rings. The summed E-state index contributed by atoms with van der Waals surface area (Å²) in [6.45, 7) is 3.81. The summed E-state index contributed by atoms with van der Waals surface area (Å²) < 4.78 is 2.51. The summed E-state index contributed by atoms with van der Waals surface area (Å²) >= 11 is 3.39. The van der Waals surface area contributed by atoms with Crippen molar-refractivity contribution < 1.29 is 9.59 Å². The minimum atomic E-state index is -0.404. The maximum absolute atomic E-state index is 13.2. The lowest BCUT2D eigenvalue weighted by Gasteiger charge is -2.15. The van der Waals surface area contributed by atoms with Crippen molar-refractivity contribution in [3.63, 3.8) is 0 Å². The molecule has 0 saturated heterocycles. The van der Waals surface area contributed by atoms with Gasteiger partial charge in [-0.05, 0) is 67.4 Å². The van der Waals surface area contributed by atoms with E-state index in [4.69, 9.17) is 0 Å². The Morgan fingerprint density at radius 3 is 2.47 bits per heavy atom. The molecule has 2 aromatic carbocycles. The van der Waals surface area contributed by atoms with E-state index in [2.05, 4.69) is 26.2 Å². The zero-order valence-electron chi connectivity index (χ0n) is 17.6. The molecular weight excluding hydrogens is 470 g/mol. The number of carbonyl (C=O) groups is 2. The van der Waals surface area contributed by atoms with E-state index in [1.165, 1.54) is 18.6 Å². The molecule has 0 fully saturated rings. The zero-order chi connectivity index (χ0) is 22.8. The van der Waals surface area contributed by atoms with Crippen molar-refractivity contribution in [3.8, 4) is 0 Å². The van der Waals surface area contributed by atoms with Crippen LogP contribution in [0.5, 0.6) is 0 Å². The second-order valence-electron chi connectivity index (χ2n) is 7.58. The highest BCUT2D eigenvalue weighted by Crippen LogP contribution is 2.20. The maximum atomic E-state index is 13.2. The fourth-order valence-electron chi connectivity index (χ4n) is 3.52. The van der Waals surface area contributed by atoms with Crippen LogP contribution in [-0.4, -0.2) is 21.2 Å². The Bertz CT molecular complexity index is 1410. The van der Waals surface area contributed by atoms with Gasteiger partial charge in [-0.3, -0.25) is 19.4 Å². The second kappa shape index (κ2) is 8.88. The molecule has 0 saturated carbocycles. The molecule has 2 aromatic heterocycles. The van der Waals surface area contributed by atoms with E-state index in [1.807, 2.05) is 32.0 Å². The number of halogens is 1. The number of pyridine rings is 2. The molecule has 0 aliphatic carbocycles. The lowest BCUT2D eigenvalue weighted by molar-refractivity contribution is -0.116. The highest BCUT2D eigenvalue weighted by atomic mass is 79.9. The van der Waals surface area contributed by atoms with Crippen LogP contribution in [0.1, 0.15) is 27.0 Å². The molecule has 0 aliphatic heterocycles. The van der Waals surface area contributed by atoms with Crippen LogP contribution in [0.15, 0.2) is 76.4 Å². The number of anilines is 1. The number of aromatic nitrogens is 2. The Kier molecular flexibility index (Phi) is 6.01. The summed E-state index contributed by atoms with van der Waals surface area (Å²) in [5, 5.41) is 3.26. The van der Waals surface area contributed by atoms with Crippen LogP contribution in [0.3, 0.4) is 0 Å². The smallest absolute Gasteiger partial charge is 0.244 e. The number of hydrogen-bond acceptors (Lipinski definition) is 4. The standard InChI is InChI=1S/C25H20BrN3O3/c1-15-10-20-22(11-16(15)2)29(14-23(30)28-19-5-3-4-18(26)12-19)13-21(25(20)32)24(31)17-6-8-27-9-7-17/h3-13H,14H2,1-2H3,(H,28,30). The largest absolute Gasteiger partial charge is 0.337 e. The number of hydrogen-bond donors (Lipinski definition) is 1. The van der Waals surface area contributed by atoms with Gasteiger partial charge in [-0.15, -0.1) is 0 Å². The van der Waals surface area contributed by atoms with E-state index in [1.54, 1.807) is 34.9 Å². The van der Waals surface area contributed by atoms with Crippen LogP contribution in [0, 0.1) is 13.8 Å². The lowest BCUT2D eigenvalue weighted by atomic mass is 10.0. The number of aryl methyl sites for hydroxylation is 2. The van der Waals surface area contributed by atoms with Gasteiger partial charge in [0, 0.05) is 39.7 Å². The van der Waals surface area contributed by atoms with Crippen LogP contribution >= 0.6 is 15.9 Å². The molecule has 7 heteroatoms. The van der Waals surface area contributed by atoms with Gasteiger partial charge in [-0.25, -0.2) is 0 Å². The van der Waals surface area contributed by atoms with Crippen molar-refractivity contribution in [2.24, 2.45) is 0 Å². The average molecular weight is 490 g/mol. The Morgan fingerprint density at radius 1 is 1.03 bits per heavy atom. The molecule has 0 aliphatic rings. The fourth-order valence-corrected chi connectivity index (χ4v) is 3.92. The third-order valence-corrected chi connectivity index (χ3v) is 5.80. The average Bonchev–Trinajstić information content (AvgIpc) is 2.77. The van der Waals surface area contributed by atoms with E-state index in [0.29, 0.717) is 22.2 Å². The van der Waals surface area contributed by atoms with Gasteiger partial charge >= 0.3 is 0 Å². The number of nitrogens with zero attached hydrogens (tertiary/aromatic N) is 2. The first kappa shape index (κ1) is 21.6. The first-order chi connectivity index (χ1) is 15.3. The third kappa shape index (κ3) is 4.38. The SMILES string of the molecule is Cc1cc2c(=O)c(C(=O)c3ccncc3)cn(CC(=O)Nc3cccc(Br)c3)c2cc1C. The molecule has 4 rings (SSSR count). The van der Waals surface area contributed by atoms with E-state index in [-0.39, 0.29) is 23.4 Å². The number of nitrogens with one attached hydrogen (secondary N) is 1. The summed E-state index contributed by atoms with van der Waals surface area (Å²) in [6, 6.07) is 14.1. The number of benzene rings is 2. The quantitative estimate of drug-likeness (QED) is 0.413. The molecule has 1 amide bonds. The van der Waals surface area contributed by atoms with Crippen LogP contribution < -0.4 is 10.7 Å². The minimum Gasteiger partial charge on any atom is -0.337 e. The van der Waals surface area contributed by atoms with Crippen molar-refractivity contribution >= 4 is 44.2 Å². The summed E-state index contributed by atoms with van der Waals surface area (Å²) in [7, 11) is 0. The molecule has 1 N–H and O–H groups in total. The van der Waals surface area contributed by atoms with Gasteiger partial charge in [-0.1, -0.05) is 22.0 Å². The molecule has 0 atom stereocenters. The lowest BCUT2D eigenvalue weighted by Crippen LogP contribution is -2.24. The van der Waals surface area contributed by atoms with Crippen LogP contribution in [-0.2, 0) is 11.3 Å². The molecule has 0 spiro atoms. The Labute approximate surface area is 193 Å². The van der Waals surface area contributed by atoms with Crippen molar-refractivity contribution in [1.29, 1.82) is 0 Å².